The van der Waals surface area contributed by atoms with Crippen molar-refractivity contribution in [1.82, 2.24) is 4.72 Å². The number of sulfonamides is 1. The van der Waals surface area contributed by atoms with Crippen LogP contribution < -0.4 is 9.62 Å². The van der Waals surface area contributed by atoms with Crippen LogP contribution in [0, 0.1) is 6.92 Å². The molecule has 0 unspecified atom stereocenters. The highest BCUT2D eigenvalue weighted by atomic mass is 32.2. The SMILES string of the molecule is CCCS(=O)(=O)NCCN(CC)c1ccccc1C. The molecule has 0 aliphatic rings. The molecule has 0 aliphatic heterocycles. The van der Waals surface area contributed by atoms with E-state index < -0.39 is 10.0 Å². The van der Waals surface area contributed by atoms with E-state index >= 15 is 0 Å². The fourth-order valence-electron chi connectivity index (χ4n) is 2.04. The predicted molar refractivity (Wildman–Crippen MR) is 81.1 cm³/mol. The molecule has 0 spiro atoms. The number of aryl methyl sites for hydroxylation is 1. The van der Waals surface area contributed by atoms with Crippen molar-refractivity contribution < 1.29 is 8.42 Å². The Hall–Kier alpha value is -1.07. The van der Waals surface area contributed by atoms with E-state index in [1.165, 1.54) is 11.3 Å². The zero-order valence-electron chi connectivity index (χ0n) is 12.0. The number of anilines is 1. The first-order valence-electron chi connectivity index (χ1n) is 6.78. The Morgan fingerprint density at radius 2 is 1.89 bits per heavy atom. The van der Waals surface area contributed by atoms with Crippen LogP contribution in [0.5, 0.6) is 0 Å². The molecule has 1 N–H and O–H groups in total. The molecule has 0 amide bonds. The van der Waals surface area contributed by atoms with E-state index in [0.29, 0.717) is 19.5 Å². The summed E-state index contributed by atoms with van der Waals surface area (Å²) in [4.78, 5) is 2.18. The lowest BCUT2D eigenvalue weighted by Gasteiger charge is -2.25. The van der Waals surface area contributed by atoms with Crippen LogP contribution in [0.3, 0.4) is 0 Å². The van der Waals surface area contributed by atoms with Crippen LogP contribution in [-0.4, -0.2) is 33.8 Å². The van der Waals surface area contributed by atoms with Gasteiger partial charge in [0, 0.05) is 25.3 Å². The number of likely N-dealkylation sites (N-methyl/N-ethyl adjacent to an activating group) is 1. The molecule has 0 saturated heterocycles. The van der Waals surface area contributed by atoms with Gasteiger partial charge in [-0.25, -0.2) is 13.1 Å². The standard InChI is InChI=1S/C14H24N2O2S/c1-4-12-19(17,18)15-10-11-16(5-2)14-9-7-6-8-13(14)3/h6-9,15H,4-5,10-12H2,1-3H3. The average molecular weight is 284 g/mol. The Morgan fingerprint density at radius 1 is 1.21 bits per heavy atom. The molecule has 108 valence electrons. The van der Waals surface area contributed by atoms with Gasteiger partial charge in [-0.1, -0.05) is 25.1 Å². The normalized spacial score (nSPS) is 11.5. The van der Waals surface area contributed by atoms with Gasteiger partial charge in [0.15, 0.2) is 0 Å². The molecule has 1 aromatic carbocycles. The van der Waals surface area contributed by atoms with Gasteiger partial charge < -0.3 is 4.90 Å². The quantitative estimate of drug-likeness (QED) is 0.796. The van der Waals surface area contributed by atoms with Crippen molar-refractivity contribution in [3.8, 4) is 0 Å². The van der Waals surface area contributed by atoms with Gasteiger partial charge in [-0.15, -0.1) is 0 Å². The Morgan fingerprint density at radius 3 is 2.47 bits per heavy atom. The molecule has 0 atom stereocenters. The summed E-state index contributed by atoms with van der Waals surface area (Å²) in [6.45, 7) is 8.01. The highest BCUT2D eigenvalue weighted by molar-refractivity contribution is 7.89. The van der Waals surface area contributed by atoms with Gasteiger partial charge in [-0.05, 0) is 31.9 Å². The minimum absolute atomic E-state index is 0.198. The summed E-state index contributed by atoms with van der Waals surface area (Å²) in [7, 11) is -3.10. The zero-order valence-corrected chi connectivity index (χ0v) is 12.8. The van der Waals surface area contributed by atoms with Crippen LogP contribution in [0.1, 0.15) is 25.8 Å². The van der Waals surface area contributed by atoms with Gasteiger partial charge in [0.25, 0.3) is 0 Å². The lowest BCUT2D eigenvalue weighted by atomic mass is 10.2. The summed E-state index contributed by atoms with van der Waals surface area (Å²) in [5.41, 5.74) is 2.38. The number of hydrogen-bond acceptors (Lipinski definition) is 3. The zero-order chi connectivity index (χ0) is 14.3. The van der Waals surface area contributed by atoms with Crippen molar-refractivity contribution >= 4 is 15.7 Å². The molecule has 0 heterocycles. The predicted octanol–water partition coefficient (Wildman–Crippen LogP) is 2.15. The Kier molecular flexibility index (Phi) is 6.31. The van der Waals surface area contributed by atoms with Crippen molar-refractivity contribution in [2.24, 2.45) is 0 Å². The molecule has 0 aliphatic carbocycles. The maximum atomic E-state index is 11.6. The smallest absolute Gasteiger partial charge is 0.211 e. The first-order valence-corrected chi connectivity index (χ1v) is 8.43. The summed E-state index contributed by atoms with van der Waals surface area (Å²) in [6, 6.07) is 8.15. The average Bonchev–Trinajstić information content (AvgIpc) is 2.36. The molecular weight excluding hydrogens is 260 g/mol. The molecular formula is C14H24N2O2S. The summed E-state index contributed by atoms with van der Waals surface area (Å²) in [5.74, 6) is 0.198. The first kappa shape index (κ1) is 16.0. The van der Waals surface area contributed by atoms with Gasteiger partial charge in [-0.3, -0.25) is 0 Å². The summed E-state index contributed by atoms with van der Waals surface area (Å²) >= 11 is 0. The highest BCUT2D eigenvalue weighted by Crippen LogP contribution is 2.18. The van der Waals surface area contributed by atoms with E-state index in [1.807, 2.05) is 19.1 Å². The molecule has 5 heteroatoms. The lowest BCUT2D eigenvalue weighted by Crippen LogP contribution is -2.36. The van der Waals surface area contributed by atoms with E-state index in [1.54, 1.807) is 0 Å². The topological polar surface area (TPSA) is 49.4 Å². The fraction of sp³-hybridized carbons (Fsp3) is 0.571. The maximum Gasteiger partial charge on any atom is 0.211 e. The second-order valence-corrected chi connectivity index (χ2v) is 6.51. The van der Waals surface area contributed by atoms with Crippen molar-refractivity contribution in [1.29, 1.82) is 0 Å². The van der Waals surface area contributed by atoms with Gasteiger partial charge in [0.1, 0.15) is 0 Å². The Bertz CT molecular complexity index is 486. The minimum Gasteiger partial charge on any atom is -0.370 e. The molecule has 4 nitrogen and oxygen atoms in total. The van der Waals surface area contributed by atoms with Crippen LogP contribution in [0.2, 0.25) is 0 Å². The summed E-state index contributed by atoms with van der Waals surface area (Å²) < 4.78 is 25.8. The largest absolute Gasteiger partial charge is 0.370 e. The number of nitrogens with one attached hydrogen (secondary N) is 1. The molecule has 0 saturated carbocycles. The second-order valence-electron chi connectivity index (χ2n) is 4.58. The number of para-hydroxylation sites is 1. The van der Waals surface area contributed by atoms with Crippen LogP contribution >= 0.6 is 0 Å². The van der Waals surface area contributed by atoms with Crippen molar-refractivity contribution in [3.63, 3.8) is 0 Å². The molecule has 0 bridgehead atoms. The van der Waals surface area contributed by atoms with Crippen molar-refractivity contribution in [2.45, 2.75) is 27.2 Å². The van der Waals surface area contributed by atoms with Crippen LogP contribution in [-0.2, 0) is 10.0 Å². The van der Waals surface area contributed by atoms with Crippen LogP contribution in [0.15, 0.2) is 24.3 Å². The number of benzene rings is 1. The molecule has 0 aromatic heterocycles. The van der Waals surface area contributed by atoms with Gasteiger partial charge in [0.05, 0.1) is 5.75 Å². The Labute approximate surface area is 116 Å². The Balaban J connectivity index is 2.58. The third-order valence-electron chi connectivity index (χ3n) is 3.01. The first-order chi connectivity index (χ1) is 9.00. The molecule has 0 radical (unpaired) electrons. The van der Waals surface area contributed by atoms with E-state index in [-0.39, 0.29) is 5.75 Å². The molecule has 1 rings (SSSR count). The minimum atomic E-state index is -3.10. The third-order valence-corrected chi connectivity index (χ3v) is 4.60. The summed E-state index contributed by atoms with van der Waals surface area (Å²) in [6.07, 6.45) is 0.643. The van der Waals surface area contributed by atoms with E-state index in [2.05, 4.69) is 35.6 Å². The van der Waals surface area contributed by atoms with Crippen molar-refractivity contribution in [2.75, 3.05) is 30.3 Å². The summed E-state index contributed by atoms with van der Waals surface area (Å²) in [5, 5.41) is 0. The van der Waals surface area contributed by atoms with Gasteiger partial charge in [-0.2, -0.15) is 0 Å². The van der Waals surface area contributed by atoms with Crippen LogP contribution in [0.4, 0.5) is 5.69 Å². The number of rotatable bonds is 8. The number of hydrogen-bond donors (Lipinski definition) is 1. The van der Waals surface area contributed by atoms with E-state index in [0.717, 1.165) is 6.54 Å². The third kappa shape index (κ3) is 5.20. The second kappa shape index (κ2) is 7.50. The number of nitrogens with zero attached hydrogens (tertiary/aromatic N) is 1. The van der Waals surface area contributed by atoms with Gasteiger partial charge >= 0.3 is 0 Å². The van der Waals surface area contributed by atoms with Crippen LogP contribution in [0.25, 0.3) is 0 Å². The lowest BCUT2D eigenvalue weighted by molar-refractivity contribution is 0.579. The molecule has 1 aromatic rings. The van der Waals surface area contributed by atoms with E-state index in [9.17, 15) is 8.42 Å². The highest BCUT2D eigenvalue weighted by Gasteiger charge is 2.10. The van der Waals surface area contributed by atoms with Gasteiger partial charge in [0.2, 0.25) is 10.0 Å². The monoisotopic (exact) mass is 284 g/mol. The van der Waals surface area contributed by atoms with Crippen molar-refractivity contribution in [3.05, 3.63) is 29.8 Å². The molecule has 0 fully saturated rings. The maximum absolute atomic E-state index is 11.6. The van der Waals surface area contributed by atoms with E-state index in [4.69, 9.17) is 0 Å². The molecule has 19 heavy (non-hydrogen) atoms. The fourth-order valence-corrected chi connectivity index (χ4v) is 3.13.